The van der Waals surface area contributed by atoms with E-state index in [2.05, 4.69) is 10.3 Å². The normalized spacial score (nSPS) is 20.9. The molecule has 110 valence electrons. The Morgan fingerprint density at radius 1 is 1.45 bits per heavy atom. The second-order valence-electron chi connectivity index (χ2n) is 5.13. The van der Waals surface area contributed by atoms with E-state index in [9.17, 15) is 13.2 Å². The minimum Gasteiger partial charge on any atom is -0.475 e. The molecule has 0 aromatic carbocycles. The summed E-state index contributed by atoms with van der Waals surface area (Å²) < 4.78 is 28.0. The van der Waals surface area contributed by atoms with Gasteiger partial charge in [-0.2, -0.15) is 0 Å². The number of ether oxygens (including phenoxy) is 1. The number of nitrogens with one attached hydrogen (secondary N) is 1. The fraction of sp³-hybridized carbons (Fsp3) is 0.538. The van der Waals surface area contributed by atoms with Gasteiger partial charge < -0.3 is 10.1 Å². The summed E-state index contributed by atoms with van der Waals surface area (Å²) in [5.74, 6) is 0.300. The van der Waals surface area contributed by atoms with E-state index in [1.54, 1.807) is 12.1 Å². The van der Waals surface area contributed by atoms with Crippen LogP contribution in [0.1, 0.15) is 30.6 Å². The number of sulfone groups is 1. The van der Waals surface area contributed by atoms with Crippen LogP contribution in [-0.2, 0) is 9.84 Å². The number of pyridine rings is 1. The monoisotopic (exact) mass is 298 g/mol. The van der Waals surface area contributed by atoms with Gasteiger partial charge in [-0.15, -0.1) is 0 Å². The predicted octanol–water partition coefficient (Wildman–Crippen LogP) is 0.786. The van der Waals surface area contributed by atoms with Crippen molar-refractivity contribution in [1.29, 1.82) is 0 Å². The Balaban J connectivity index is 1.96. The highest BCUT2D eigenvalue weighted by Gasteiger charge is 2.29. The van der Waals surface area contributed by atoms with Crippen molar-refractivity contribution in [2.45, 2.75) is 32.4 Å². The third kappa shape index (κ3) is 3.93. The van der Waals surface area contributed by atoms with E-state index in [1.165, 1.54) is 6.20 Å². The lowest BCUT2D eigenvalue weighted by Crippen LogP contribution is -2.35. The summed E-state index contributed by atoms with van der Waals surface area (Å²) in [5.41, 5.74) is 0.394. The lowest BCUT2D eigenvalue weighted by atomic mass is 10.2. The molecule has 2 rings (SSSR count). The molecule has 1 fully saturated rings. The molecule has 0 spiro atoms. The van der Waals surface area contributed by atoms with Gasteiger partial charge in [0.15, 0.2) is 9.84 Å². The minimum atomic E-state index is -2.99. The van der Waals surface area contributed by atoms with E-state index < -0.39 is 9.84 Å². The van der Waals surface area contributed by atoms with E-state index in [-0.39, 0.29) is 29.6 Å². The standard InChI is InChI=1S/C13H18N2O4S/c1-9(2)19-12-4-3-10(7-14-12)13(16)15-11-5-6-20(17,18)8-11/h3-4,7,9,11H,5-6,8H2,1-2H3,(H,15,16)/t11-/m0/s1. The molecule has 6 nitrogen and oxygen atoms in total. The largest absolute Gasteiger partial charge is 0.475 e. The molecule has 1 amide bonds. The first-order valence-corrected chi connectivity index (χ1v) is 8.32. The number of amides is 1. The fourth-order valence-electron chi connectivity index (χ4n) is 2.00. The number of carbonyl (C=O) groups is 1. The van der Waals surface area contributed by atoms with Gasteiger partial charge in [0.25, 0.3) is 5.91 Å². The minimum absolute atomic E-state index is 0.0146. The summed E-state index contributed by atoms with van der Waals surface area (Å²) in [7, 11) is -2.99. The first kappa shape index (κ1) is 14.8. The van der Waals surface area contributed by atoms with Crippen LogP contribution >= 0.6 is 0 Å². The highest BCUT2D eigenvalue weighted by molar-refractivity contribution is 7.91. The van der Waals surface area contributed by atoms with E-state index in [0.29, 0.717) is 17.9 Å². The molecule has 1 aromatic rings. The number of carbonyl (C=O) groups excluding carboxylic acids is 1. The van der Waals surface area contributed by atoms with Crippen LogP contribution in [0.3, 0.4) is 0 Å². The molecule has 0 bridgehead atoms. The smallest absolute Gasteiger partial charge is 0.253 e. The van der Waals surface area contributed by atoms with Gasteiger partial charge in [-0.05, 0) is 26.3 Å². The molecule has 0 radical (unpaired) electrons. The molecule has 1 N–H and O–H groups in total. The summed E-state index contributed by atoms with van der Waals surface area (Å²) in [6, 6.07) is 2.93. The molecule has 0 unspecified atom stereocenters. The molecule has 1 aliphatic rings. The summed E-state index contributed by atoms with van der Waals surface area (Å²) in [6.45, 7) is 3.78. The Bertz CT molecular complexity index is 581. The maximum Gasteiger partial charge on any atom is 0.253 e. The molecule has 1 aromatic heterocycles. The molecule has 1 atom stereocenters. The van der Waals surface area contributed by atoms with Crippen molar-refractivity contribution in [2.75, 3.05) is 11.5 Å². The summed E-state index contributed by atoms with van der Waals surface area (Å²) in [4.78, 5) is 16.0. The van der Waals surface area contributed by atoms with Crippen LogP contribution in [0.2, 0.25) is 0 Å². The fourth-order valence-corrected chi connectivity index (χ4v) is 3.68. The van der Waals surface area contributed by atoms with Crippen molar-refractivity contribution in [3.05, 3.63) is 23.9 Å². The first-order chi connectivity index (χ1) is 9.35. The molecule has 1 aliphatic heterocycles. The van der Waals surface area contributed by atoms with Crippen molar-refractivity contribution in [3.8, 4) is 5.88 Å². The SMILES string of the molecule is CC(C)Oc1ccc(C(=O)N[C@H]2CCS(=O)(=O)C2)cn1. The number of hydrogen-bond acceptors (Lipinski definition) is 5. The van der Waals surface area contributed by atoms with Gasteiger partial charge in [0.2, 0.25) is 5.88 Å². The molecule has 7 heteroatoms. The maximum atomic E-state index is 12.0. The zero-order valence-corrected chi connectivity index (χ0v) is 12.3. The van der Waals surface area contributed by atoms with Crippen LogP contribution in [0.25, 0.3) is 0 Å². The zero-order chi connectivity index (χ0) is 14.8. The third-order valence-corrected chi connectivity index (χ3v) is 4.69. The van der Waals surface area contributed by atoms with Crippen LogP contribution in [0, 0.1) is 0 Å². The second kappa shape index (κ2) is 5.78. The first-order valence-electron chi connectivity index (χ1n) is 6.50. The van der Waals surface area contributed by atoms with Crippen LogP contribution in [-0.4, -0.2) is 43.0 Å². The van der Waals surface area contributed by atoms with Crippen LogP contribution in [0.4, 0.5) is 0 Å². The Morgan fingerprint density at radius 2 is 2.20 bits per heavy atom. The Hall–Kier alpha value is -1.63. The average molecular weight is 298 g/mol. The quantitative estimate of drug-likeness (QED) is 0.888. The Morgan fingerprint density at radius 3 is 2.70 bits per heavy atom. The van der Waals surface area contributed by atoms with Gasteiger partial charge >= 0.3 is 0 Å². The number of hydrogen-bond donors (Lipinski definition) is 1. The highest BCUT2D eigenvalue weighted by Crippen LogP contribution is 2.13. The number of aromatic nitrogens is 1. The lowest BCUT2D eigenvalue weighted by molar-refractivity contribution is 0.0940. The van der Waals surface area contributed by atoms with Gasteiger partial charge in [-0.25, -0.2) is 13.4 Å². The van der Waals surface area contributed by atoms with Gasteiger partial charge in [-0.3, -0.25) is 4.79 Å². The number of rotatable bonds is 4. The van der Waals surface area contributed by atoms with Crippen LogP contribution in [0.5, 0.6) is 5.88 Å². The van der Waals surface area contributed by atoms with Crippen molar-refractivity contribution < 1.29 is 17.9 Å². The van der Waals surface area contributed by atoms with E-state index in [1.807, 2.05) is 13.8 Å². The highest BCUT2D eigenvalue weighted by atomic mass is 32.2. The summed E-state index contributed by atoms with van der Waals surface area (Å²) in [5, 5.41) is 2.71. The van der Waals surface area contributed by atoms with Crippen LogP contribution < -0.4 is 10.1 Å². The van der Waals surface area contributed by atoms with E-state index in [0.717, 1.165) is 0 Å². The van der Waals surface area contributed by atoms with Gasteiger partial charge in [0, 0.05) is 18.3 Å². The van der Waals surface area contributed by atoms with Crippen LogP contribution in [0.15, 0.2) is 18.3 Å². The maximum absolute atomic E-state index is 12.0. The molecular weight excluding hydrogens is 280 g/mol. The lowest BCUT2D eigenvalue weighted by Gasteiger charge is -2.11. The average Bonchev–Trinajstić information content (AvgIpc) is 2.68. The molecule has 2 heterocycles. The zero-order valence-electron chi connectivity index (χ0n) is 11.5. The third-order valence-electron chi connectivity index (χ3n) is 2.92. The molecule has 20 heavy (non-hydrogen) atoms. The topological polar surface area (TPSA) is 85.4 Å². The van der Waals surface area contributed by atoms with Crippen molar-refractivity contribution in [3.63, 3.8) is 0 Å². The molecule has 0 saturated carbocycles. The van der Waals surface area contributed by atoms with Gasteiger partial charge in [0.1, 0.15) is 0 Å². The van der Waals surface area contributed by atoms with Crippen molar-refractivity contribution in [2.24, 2.45) is 0 Å². The van der Waals surface area contributed by atoms with E-state index >= 15 is 0 Å². The van der Waals surface area contributed by atoms with Crippen molar-refractivity contribution >= 4 is 15.7 Å². The van der Waals surface area contributed by atoms with Gasteiger partial charge in [0.05, 0.1) is 23.2 Å². The summed E-state index contributed by atoms with van der Waals surface area (Å²) in [6.07, 6.45) is 1.91. The molecule has 0 aliphatic carbocycles. The molecule has 1 saturated heterocycles. The van der Waals surface area contributed by atoms with Crippen molar-refractivity contribution in [1.82, 2.24) is 10.3 Å². The summed E-state index contributed by atoms with van der Waals surface area (Å²) >= 11 is 0. The Labute approximate surface area is 118 Å². The number of nitrogens with zero attached hydrogens (tertiary/aromatic N) is 1. The second-order valence-corrected chi connectivity index (χ2v) is 7.35. The Kier molecular flexibility index (Phi) is 4.27. The molecular formula is C13H18N2O4S. The van der Waals surface area contributed by atoms with Gasteiger partial charge in [-0.1, -0.05) is 0 Å². The van der Waals surface area contributed by atoms with E-state index in [4.69, 9.17) is 4.74 Å². The predicted molar refractivity (Wildman–Crippen MR) is 74.5 cm³/mol.